The molecule has 1 aliphatic rings. The molecule has 2 nitrogen and oxygen atoms in total. The first-order valence-corrected chi connectivity index (χ1v) is 2.93. The van der Waals surface area contributed by atoms with Gasteiger partial charge in [0.15, 0.2) is 0 Å². The van der Waals surface area contributed by atoms with Crippen molar-refractivity contribution >= 4 is 0 Å². The van der Waals surface area contributed by atoms with Crippen LogP contribution in [0.5, 0.6) is 0 Å². The minimum absolute atomic E-state index is 0.306. The topological polar surface area (TPSA) is 35.2 Å². The first kappa shape index (κ1) is 5.63. The van der Waals surface area contributed by atoms with Gasteiger partial charge in [-0.05, 0) is 25.1 Å². The molecule has 0 aliphatic carbocycles. The number of ether oxygens (including phenoxy) is 1. The second kappa shape index (κ2) is 2.72. The van der Waals surface area contributed by atoms with Crippen LogP contribution in [0.1, 0.15) is 12.8 Å². The summed E-state index contributed by atoms with van der Waals surface area (Å²) in [7, 11) is 0. The van der Waals surface area contributed by atoms with Gasteiger partial charge in [0.2, 0.25) is 0 Å². The Hall–Kier alpha value is -0.500. The van der Waals surface area contributed by atoms with Crippen molar-refractivity contribution in [3.8, 4) is 0 Å². The van der Waals surface area contributed by atoms with E-state index in [0.717, 1.165) is 13.0 Å². The van der Waals surface area contributed by atoms with E-state index in [0.29, 0.717) is 6.10 Å². The zero-order valence-electron chi connectivity index (χ0n) is 4.84. The van der Waals surface area contributed by atoms with E-state index in [9.17, 15) is 0 Å². The molecule has 0 aromatic rings. The maximum atomic E-state index is 5.23. The third kappa shape index (κ3) is 1.23. The molecule has 0 amide bonds. The number of nitrogens with two attached hydrogens (primary N) is 1. The lowest BCUT2D eigenvalue weighted by Gasteiger charge is -1.98. The Morgan fingerprint density at radius 1 is 1.62 bits per heavy atom. The first-order chi connectivity index (χ1) is 3.93. The molecule has 0 radical (unpaired) electrons. The van der Waals surface area contributed by atoms with Gasteiger partial charge in [-0.25, -0.2) is 0 Å². The van der Waals surface area contributed by atoms with Crippen LogP contribution in [-0.4, -0.2) is 12.7 Å². The molecule has 1 unspecified atom stereocenters. The van der Waals surface area contributed by atoms with Crippen LogP contribution in [0.3, 0.4) is 0 Å². The molecule has 46 valence electrons. The fourth-order valence-electron chi connectivity index (χ4n) is 0.878. The van der Waals surface area contributed by atoms with Crippen molar-refractivity contribution in [3.63, 3.8) is 0 Å². The SMILES string of the molecule is NC=CC1CCCO1. The van der Waals surface area contributed by atoms with Crippen molar-refractivity contribution in [2.45, 2.75) is 18.9 Å². The Morgan fingerprint density at radius 2 is 2.50 bits per heavy atom. The second-order valence-corrected chi connectivity index (χ2v) is 1.94. The summed E-state index contributed by atoms with van der Waals surface area (Å²) < 4.78 is 5.23. The predicted octanol–water partition coefficient (Wildman–Crippen LogP) is 0.638. The van der Waals surface area contributed by atoms with Gasteiger partial charge >= 0.3 is 0 Å². The molecular weight excluding hydrogens is 102 g/mol. The fourth-order valence-corrected chi connectivity index (χ4v) is 0.878. The van der Waals surface area contributed by atoms with E-state index < -0.39 is 0 Å². The summed E-state index contributed by atoms with van der Waals surface area (Å²) in [6.07, 6.45) is 6.06. The van der Waals surface area contributed by atoms with E-state index in [1.165, 1.54) is 6.42 Å². The Balaban J connectivity index is 2.24. The largest absolute Gasteiger partial charge is 0.405 e. The van der Waals surface area contributed by atoms with Crippen LogP contribution in [-0.2, 0) is 4.74 Å². The van der Waals surface area contributed by atoms with E-state index in [1.54, 1.807) is 6.20 Å². The van der Waals surface area contributed by atoms with Crippen LogP contribution in [0.15, 0.2) is 12.3 Å². The zero-order valence-corrected chi connectivity index (χ0v) is 4.84. The minimum Gasteiger partial charge on any atom is -0.405 e. The zero-order chi connectivity index (χ0) is 5.82. The van der Waals surface area contributed by atoms with Crippen LogP contribution in [0.25, 0.3) is 0 Å². The van der Waals surface area contributed by atoms with Gasteiger partial charge in [0.05, 0.1) is 6.10 Å². The van der Waals surface area contributed by atoms with Crippen molar-refractivity contribution in [1.82, 2.24) is 0 Å². The minimum atomic E-state index is 0.306. The van der Waals surface area contributed by atoms with Crippen molar-refractivity contribution < 1.29 is 4.74 Å². The van der Waals surface area contributed by atoms with E-state index in [4.69, 9.17) is 10.5 Å². The quantitative estimate of drug-likeness (QED) is 0.541. The van der Waals surface area contributed by atoms with Crippen molar-refractivity contribution in [2.24, 2.45) is 5.73 Å². The molecule has 0 spiro atoms. The molecule has 2 N–H and O–H groups in total. The molecule has 8 heavy (non-hydrogen) atoms. The van der Waals surface area contributed by atoms with Crippen molar-refractivity contribution in [3.05, 3.63) is 12.3 Å². The summed E-state index contributed by atoms with van der Waals surface area (Å²) in [5.74, 6) is 0. The molecule has 0 bridgehead atoms. The van der Waals surface area contributed by atoms with E-state index >= 15 is 0 Å². The average Bonchev–Trinajstić information content (AvgIpc) is 2.19. The standard InChI is InChI=1S/C6H11NO/c7-4-3-6-2-1-5-8-6/h3-4,6H,1-2,5,7H2. The number of hydrogen-bond acceptors (Lipinski definition) is 2. The highest BCUT2D eigenvalue weighted by Gasteiger charge is 2.10. The van der Waals surface area contributed by atoms with Crippen LogP contribution < -0.4 is 5.73 Å². The van der Waals surface area contributed by atoms with Gasteiger partial charge in [-0.1, -0.05) is 0 Å². The summed E-state index contributed by atoms with van der Waals surface area (Å²) in [6, 6.07) is 0. The van der Waals surface area contributed by atoms with Gasteiger partial charge < -0.3 is 10.5 Å². The average molecular weight is 113 g/mol. The Labute approximate surface area is 49.3 Å². The fraction of sp³-hybridized carbons (Fsp3) is 0.667. The second-order valence-electron chi connectivity index (χ2n) is 1.94. The molecule has 1 fully saturated rings. The lowest BCUT2D eigenvalue weighted by molar-refractivity contribution is 0.145. The van der Waals surface area contributed by atoms with Crippen molar-refractivity contribution in [1.29, 1.82) is 0 Å². The molecular formula is C6H11NO. The molecule has 1 atom stereocenters. The Bertz CT molecular complexity index is 84.5. The summed E-state index contributed by atoms with van der Waals surface area (Å²) in [4.78, 5) is 0. The van der Waals surface area contributed by atoms with Crippen LogP contribution in [0.2, 0.25) is 0 Å². The molecule has 0 aromatic heterocycles. The summed E-state index contributed by atoms with van der Waals surface area (Å²) >= 11 is 0. The van der Waals surface area contributed by atoms with Gasteiger partial charge in [-0.2, -0.15) is 0 Å². The molecule has 2 heteroatoms. The van der Waals surface area contributed by atoms with E-state index in [1.807, 2.05) is 6.08 Å². The van der Waals surface area contributed by atoms with Crippen molar-refractivity contribution in [2.75, 3.05) is 6.61 Å². The molecule has 1 rings (SSSR count). The van der Waals surface area contributed by atoms with E-state index in [-0.39, 0.29) is 0 Å². The van der Waals surface area contributed by atoms with Crippen LogP contribution in [0, 0.1) is 0 Å². The maximum absolute atomic E-state index is 5.23. The van der Waals surface area contributed by atoms with Gasteiger partial charge in [-0.3, -0.25) is 0 Å². The molecule has 0 aromatic carbocycles. The lowest BCUT2D eigenvalue weighted by atomic mass is 10.2. The van der Waals surface area contributed by atoms with Gasteiger partial charge in [-0.15, -0.1) is 0 Å². The summed E-state index contributed by atoms with van der Waals surface area (Å²) in [5, 5.41) is 0. The first-order valence-electron chi connectivity index (χ1n) is 2.93. The summed E-state index contributed by atoms with van der Waals surface area (Å²) in [5.41, 5.74) is 5.15. The molecule has 0 saturated carbocycles. The number of rotatable bonds is 1. The highest BCUT2D eigenvalue weighted by Crippen LogP contribution is 2.11. The van der Waals surface area contributed by atoms with Crippen LogP contribution >= 0.6 is 0 Å². The normalized spacial score (nSPS) is 29.8. The molecule has 1 saturated heterocycles. The third-order valence-electron chi connectivity index (χ3n) is 1.29. The molecule has 1 aliphatic heterocycles. The highest BCUT2D eigenvalue weighted by atomic mass is 16.5. The predicted molar refractivity (Wildman–Crippen MR) is 32.3 cm³/mol. The smallest absolute Gasteiger partial charge is 0.0773 e. The van der Waals surface area contributed by atoms with Crippen LogP contribution in [0.4, 0.5) is 0 Å². The number of hydrogen-bond donors (Lipinski definition) is 1. The summed E-state index contributed by atoms with van der Waals surface area (Å²) in [6.45, 7) is 0.898. The maximum Gasteiger partial charge on any atom is 0.0773 e. The van der Waals surface area contributed by atoms with Gasteiger partial charge in [0.1, 0.15) is 0 Å². The Kier molecular flexibility index (Phi) is 1.92. The lowest BCUT2D eigenvalue weighted by Crippen LogP contribution is -1.99. The third-order valence-corrected chi connectivity index (χ3v) is 1.29. The molecule has 1 heterocycles. The van der Waals surface area contributed by atoms with Gasteiger partial charge in [0.25, 0.3) is 0 Å². The highest BCUT2D eigenvalue weighted by molar-refractivity contribution is 4.87. The van der Waals surface area contributed by atoms with E-state index in [2.05, 4.69) is 0 Å². The monoisotopic (exact) mass is 113 g/mol. The Morgan fingerprint density at radius 3 is 3.00 bits per heavy atom. The van der Waals surface area contributed by atoms with Gasteiger partial charge in [0, 0.05) is 6.61 Å².